The van der Waals surface area contributed by atoms with E-state index in [-0.39, 0.29) is 18.1 Å². The number of nitrogens with zero attached hydrogens (tertiary/aromatic N) is 1. The van der Waals surface area contributed by atoms with Crippen LogP contribution in [0.5, 0.6) is 5.75 Å². The molecule has 1 heterocycles. The molecule has 0 fully saturated rings. The smallest absolute Gasteiger partial charge is 0.356 e. The zero-order valence-corrected chi connectivity index (χ0v) is 14.3. The Kier molecular flexibility index (Phi) is 4.76. The number of carboxylic acids is 1. The molecule has 0 aliphatic heterocycles. The molecule has 25 heavy (non-hydrogen) atoms. The van der Waals surface area contributed by atoms with Gasteiger partial charge in [0.2, 0.25) is 0 Å². The number of carboxylic acid groups (broad SMARTS) is 1. The van der Waals surface area contributed by atoms with Crippen LogP contribution >= 0.6 is 11.6 Å². The third kappa shape index (κ3) is 3.37. The van der Waals surface area contributed by atoms with Crippen molar-refractivity contribution in [1.29, 1.82) is 0 Å². The molecule has 0 unspecified atom stereocenters. The van der Waals surface area contributed by atoms with Gasteiger partial charge in [-0.1, -0.05) is 41.9 Å². The lowest BCUT2D eigenvalue weighted by Crippen LogP contribution is -2.25. The maximum absolute atomic E-state index is 12.4. The molecule has 1 aromatic heterocycles. The fraction of sp³-hybridized carbons (Fsp3) is 0.158. The number of pyridine rings is 1. The summed E-state index contributed by atoms with van der Waals surface area (Å²) in [6.45, 7) is 0.282. The summed E-state index contributed by atoms with van der Waals surface area (Å²) >= 11 is 6.03. The van der Waals surface area contributed by atoms with Crippen molar-refractivity contribution in [3.05, 3.63) is 75.2 Å². The number of benzene rings is 2. The van der Waals surface area contributed by atoms with Crippen molar-refractivity contribution in [1.82, 2.24) is 4.57 Å². The molecule has 0 aliphatic carbocycles. The molecule has 0 bridgehead atoms. The molecule has 0 amide bonds. The first-order chi connectivity index (χ1) is 12.0. The predicted octanol–water partition coefficient (Wildman–Crippen LogP) is 3.51. The first-order valence-electron chi connectivity index (χ1n) is 7.71. The minimum Gasteiger partial charge on any atom is -0.490 e. The molecule has 0 radical (unpaired) electrons. The normalized spacial score (nSPS) is 10.8. The van der Waals surface area contributed by atoms with E-state index >= 15 is 0 Å². The van der Waals surface area contributed by atoms with Crippen molar-refractivity contribution in [2.45, 2.75) is 6.42 Å². The van der Waals surface area contributed by atoms with Crippen LogP contribution in [-0.2, 0) is 13.5 Å². The van der Waals surface area contributed by atoms with Gasteiger partial charge < -0.3 is 14.4 Å². The molecule has 0 aliphatic rings. The van der Waals surface area contributed by atoms with Crippen molar-refractivity contribution < 1.29 is 14.6 Å². The summed E-state index contributed by atoms with van der Waals surface area (Å²) < 4.78 is 6.90. The molecule has 0 saturated heterocycles. The molecule has 0 atom stereocenters. The summed E-state index contributed by atoms with van der Waals surface area (Å²) in [5.74, 6) is -1.07. The molecule has 2 aromatic carbocycles. The topological polar surface area (TPSA) is 68.5 Å². The molecular weight excluding hydrogens is 342 g/mol. The first-order valence-corrected chi connectivity index (χ1v) is 8.09. The standard InChI is InChI=1S/C19H16ClNO4/c1-21-16(19(23)24)17(25-10-9-12-5-3-2-4-6-12)15-11-13(20)7-8-14(15)18(21)22/h2-8,11H,9-10H2,1H3,(H,23,24). The van der Waals surface area contributed by atoms with Crippen LogP contribution < -0.4 is 10.3 Å². The van der Waals surface area contributed by atoms with E-state index in [1.165, 1.54) is 7.05 Å². The highest BCUT2D eigenvalue weighted by molar-refractivity contribution is 6.31. The largest absolute Gasteiger partial charge is 0.490 e. The minimum absolute atomic E-state index is 0.156. The quantitative estimate of drug-likeness (QED) is 0.758. The fourth-order valence-electron chi connectivity index (χ4n) is 2.76. The van der Waals surface area contributed by atoms with Gasteiger partial charge in [-0.15, -0.1) is 0 Å². The third-order valence-electron chi connectivity index (χ3n) is 3.99. The Hall–Kier alpha value is -2.79. The number of aromatic nitrogens is 1. The lowest BCUT2D eigenvalue weighted by Gasteiger charge is -2.15. The lowest BCUT2D eigenvalue weighted by atomic mass is 10.1. The number of hydrogen-bond acceptors (Lipinski definition) is 3. The zero-order valence-electron chi connectivity index (χ0n) is 13.5. The maximum Gasteiger partial charge on any atom is 0.356 e. The average molecular weight is 358 g/mol. The Labute approximate surface area is 149 Å². The number of halogens is 1. The molecule has 128 valence electrons. The Morgan fingerprint density at radius 3 is 2.56 bits per heavy atom. The van der Waals surface area contributed by atoms with Crippen molar-refractivity contribution in [3.63, 3.8) is 0 Å². The van der Waals surface area contributed by atoms with Gasteiger partial charge in [0.05, 0.1) is 12.0 Å². The average Bonchev–Trinajstić information content (AvgIpc) is 2.59. The third-order valence-corrected chi connectivity index (χ3v) is 4.23. The maximum atomic E-state index is 12.4. The van der Waals surface area contributed by atoms with Crippen LogP contribution in [0.4, 0.5) is 0 Å². The number of rotatable bonds is 5. The first kappa shape index (κ1) is 17.0. The van der Waals surface area contributed by atoms with Gasteiger partial charge in [-0.3, -0.25) is 4.79 Å². The second kappa shape index (κ2) is 6.99. The summed E-state index contributed by atoms with van der Waals surface area (Å²) in [5.41, 5.74) is 0.485. The van der Waals surface area contributed by atoms with E-state index in [4.69, 9.17) is 16.3 Å². The Morgan fingerprint density at radius 1 is 1.16 bits per heavy atom. The van der Waals surface area contributed by atoms with E-state index in [1.54, 1.807) is 18.2 Å². The summed E-state index contributed by atoms with van der Waals surface area (Å²) in [6.07, 6.45) is 0.616. The molecule has 5 nitrogen and oxygen atoms in total. The van der Waals surface area contributed by atoms with Gasteiger partial charge in [0.1, 0.15) is 0 Å². The Morgan fingerprint density at radius 2 is 1.88 bits per heavy atom. The van der Waals surface area contributed by atoms with Gasteiger partial charge in [0.15, 0.2) is 11.4 Å². The molecule has 0 spiro atoms. The second-order valence-electron chi connectivity index (χ2n) is 5.62. The van der Waals surface area contributed by atoms with Gasteiger partial charge in [-0.05, 0) is 23.8 Å². The molecular formula is C19H16ClNO4. The highest BCUT2D eigenvalue weighted by Crippen LogP contribution is 2.30. The van der Waals surface area contributed by atoms with E-state index in [0.717, 1.165) is 10.1 Å². The van der Waals surface area contributed by atoms with Crippen molar-refractivity contribution in [2.24, 2.45) is 7.05 Å². The van der Waals surface area contributed by atoms with Crippen LogP contribution in [0.15, 0.2) is 53.3 Å². The number of fused-ring (bicyclic) bond motifs is 1. The van der Waals surface area contributed by atoms with Crippen LogP contribution in [0.3, 0.4) is 0 Å². The van der Waals surface area contributed by atoms with Gasteiger partial charge in [0, 0.05) is 23.9 Å². The van der Waals surface area contributed by atoms with Gasteiger partial charge >= 0.3 is 5.97 Å². The zero-order chi connectivity index (χ0) is 18.0. The number of ether oxygens (including phenoxy) is 1. The summed E-state index contributed by atoms with van der Waals surface area (Å²) in [4.78, 5) is 24.1. The Balaban J connectivity index is 2.06. The van der Waals surface area contributed by atoms with E-state index in [2.05, 4.69) is 0 Å². The van der Waals surface area contributed by atoms with Crippen molar-refractivity contribution in [2.75, 3.05) is 6.61 Å². The minimum atomic E-state index is -1.23. The second-order valence-corrected chi connectivity index (χ2v) is 6.06. The number of hydrogen-bond donors (Lipinski definition) is 1. The molecule has 1 N–H and O–H groups in total. The molecule has 3 aromatic rings. The van der Waals surface area contributed by atoms with Crippen LogP contribution in [-0.4, -0.2) is 22.2 Å². The predicted molar refractivity (Wildman–Crippen MR) is 96.8 cm³/mol. The molecule has 0 saturated carbocycles. The Bertz CT molecular complexity index is 996. The summed E-state index contributed by atoms with van der Waals surface area (Å²) in [5, 5.41) is 10.7. The van der Waals surface area contributed by atoms with E-state index in [0.29, 0.717) is 22.2 Å². The van der Waals surface area contributed by atoms with Gasteiger partial charge in [-0.2, -0.15) is 0 Å². The van der Waals surface area contributed by atoms with E-state index < -0.39 is 11.5 Å². The van der Waals surface area contributed by atoms with Crippen LogP contribution in [0.1, 0.15) is 16.1 Å². The van der Waals surface area contributed by atoms with Gasteiger partial charge in [-0.25, -0.2) is 4.79 Å². The van der Waals surface area contributed by atoms with Crippen LogP contribution in [0, 0.1) is 0 Å². The highest BCUT2D eigenvalue weighted by Gasteiger charge is 2.21. The number of aromatic carboxylic acids is 1. The van der Waals surface area contributed by atoms with Crippen molar-refractivity contribution >= 4 is 28.3 Å². The van der Waals surface area contributed by atoms with E-state index in [1.807, 2.05) is 30.3 Å². The van der Waals surface area contributed by atoms with Crippen molar-refractivity contribution in [3.8, 4) is 5.75 Å². The fourth-order valence-corrected chi connectivity index (χ4v) is 2.93. The molecule has 3 rings (SSSR count). The van der Waals surface area contributed by atoms with Crippen LogP contribution in [0.25, 0.3) is 10.8 Å². The van der Waals surface area contributed by atoms with Crippen LogP contribution in [0.2, 0.25) is 5.02 Å². The SMILES string of the molecule is Cn1c(C(=O)O)c(OCCc2ccccc2)c2cc(Cl)ccc2c1=O. The summed E-state index contributed by atoms with van der Waals surface area (Å²) in [7, 11) is 1.42. The monoisotopic (exact) mass is 357 g/mol. The lowest BCUT2D eigenvalue weighted by molar-refractivity contribution is 0.0680. The summed E-state index contributed by atoms with van der Waals surface area (Å²) in [6, 6.07) is 14.5. The van der Waals surface area contributed by atoms with Gasteiger partial charge in [0.25, 0.3) is 5.56 Å². The highest BCUT2D eigenvalue weighted by atomic mass is 35.5. The molecule has 6 heteroatoms. The van der Waals surface area contributed by atoms with E-state index in [9.17, 15) is 14.7 Å². The number of carbonyl (C=O) groups is 1.